The number of anilines is 4. The van der Waals surface area contributed by atoms with Crippen molar-refractivity contribution in [2.75, 3.05) is 29.6 Å². The number of rotatable bonds is 5. The third-order valence-electron chi connectivity index (χ3n) is 4.85. The molecule has 4 rings (SSSR count). The van der Waals surface area contributed by atoms with Crippen molar-refractivity contribution >= 4 is 23.0 Å². The van der Waals surface area contributed by atoms with Crippen LogP contribution in [0.1, 0.15) is 17.5 Å². The molecule has 1 aromatic heterocycles. The molecule has 0 bridgehead atoms. The van der Waals surface area contributed by atoms with E-state index >= 15 is 0 Å². The highest BCUT2D eigenvalue weighted by Gasteiger charge is 2.22. The number of aryl methyl sites for hydroxylation is 1. The Morgan fingerprint density at radius 2 is 1.93 bits per heavy atom. The number of benzene rings is 2. The molecule has 2 aromatic carbocycles. The number of ether oxygens (including phenoxy) is 1. The minimum absolute atomic E-state index is 0.572. The molecule has 27 heavy (non-hydrogen) atoms. The second-order valence-electron chi connectivity index (χ2n) is 6.55. The van der Waals surface area contributed by atoms with Crippen LogP contribution in [0.25, 0.3) is 0 Å². The van der Waals surface area contributed by atoms with E-state index in [9.17, 15) is 0 Å². The number of nitrogens with two attached hydrogens (primary N) is 1. The van der Waals surface area contributed by atoms with Crippen LogP contribution in [-0.2, 0) is 13.0 Å². The number of hydrogen-bond donors (Lipinski definition) is 2. The van der Waals surface area contributed by atoms with Crippen LogP contribution in [0.15, 0.2) is 54.9 Å². The van der Waals surface area contributed by atoms with Gasteiger partial charge >= 0.3 is 0 Å². The predicted molar refractivity (Wildman–Crippen MR) is 109 cm³/mol. The summed E-state index contributed by atoms with van der Waals surface area (Å²) < 4.78 is 5.20. The van der Waals surface area contributed by atoms with Crippen molar-refractivity contribution in [3.63, 3.8) is 0 Å². The van der Waals surface area contributed by atoms with Gasteiger partial charge in [0.2, 0.25) is 0 Å². The number of nitrogens with one attached hydrogen (secondary N) is 1. The number of hydrogen-bond acceptors (Lipinski definition) is 6. The monoisotopic (exact) mass is 361 g/mol. The molecule has 3 N–H and O–H groups in total. The van der Waals surface area contributed by atoms with Crippen molar-refractivity contribution in [1.82, 2.24) is 9.97 Å². The number of methoxy groups -OCH3 is 1. The van der Waals surface area contributed by atoms with Crippen LogP contribution in [0.5, 0.6) is 5.75 Å². The molecule has 2 heterocycles. The lowest BCUT2D eigenvalue weighted by molar-refractivity contribution is 0.414. The molecule has 3 aromatic rings. The second kappa shape index (κ2) is 7.53. The van der Waals surface area contributed by atoms with Gasteiger partial charge in [0.1, 0.15) is 17.8 Å². The Labute approximate surface area is 159 Å². The standard InChI is InChI=1S/C21H23N5O/c1-27-17-10-8-15(9-11-17)13-23-20-19(22)21(25-14-24-20)26-12-4-6-16-5-2-3-7-18(16)26/h2-3,5,7-11,14H,4,6,12-13,22H2,1H3,(H,23,24,25). The van der Waals surface area contributed by atoms with Crippen LogP contribution in [0.2, 0.25) is 0 Å². The second-order valence-corrected chi connectivity index (χ2v) is 6.55. The molecule has 0 atom stereocenters. The molecule has 138 valence electrons. The van der Waals surface area contributed by atoms with E-state index < -0.39 is 0 Å². The highest BCUT2D eigenvalue weighted by Crippen LogP contribution is 2.36. The molecule has 0 radical (unpaired) electrons. The smallest absolute Gasteiger partial charge is 0.161 e. The van der Waals surface area contributed by atoms with Gasteiger partial charge in [-0.2, -0.15) is 0 Å². The van der Waals surface area contributed by atoms with E-state index in [4.69, 9.17) is 10.5 Å². The average molecular weight is 361 g/mol. The highest BCUT2D eigenvalue weighted by atomic mass is 16.5. The maximum Gasteiger partial charge on any atom is 0.161 e. The summed E-state index contributed by atoms with van der Waals surface area (Å²) in [6.07, 6.45) is 3.73. The Balaban J connectivity index is 1.56. The molecular formula is C21H23N5O. The first-order valence-electron chi connectivity index (χ1n) is 9.09. The number of nitrogen functional groups attached to an aromatic ring is 1. The maximum absolute atomic E-state index is 6.43. The quantitative estimate of drug-likeness (QED) is 0.720. The molecule has 6 nitrogen and oxygen atoms in total. The van der Waals surface area contributed by atoms with Gasteiger partial charge in [0.05, 0.1) is 7.11 Å². The number of fused-ring (bicyclic) bond motifs is 1. The van der Waals surface area contributed by atoms with Crippen molar-refractivity contribution in [2.24, 2.45) is 0 Å². The van der Waals surface area contributed by atoms with Crippen LogP contribution < -0.4 is 20.7 Å². The predicted octanol–water partition coefficient (Wildman–Crippen LogP) is 3.76. The Bertz CT molecular complexity index is 926. The van der Waals surface area contributed by atoms with Gasteiger partial charge < -0.3 is 20.7 Å². The SMILES string of the molecule is COc1ccc(CNc2ncnc(N3CCCc4ccccc43)c2N)cc1. The summed E-state index contributed by atoms with van der Waals surface area (Å²) in [5.41, 5.74) is 10.6. The zero-order chi connectivity index (χ0) is 18.6. The fraction of sp³-hybridized carbons (Fsp3) is 0.238. The lowest BCUT2D eigenvalue weighted by atomic mass is 10.0. The largest absolute Gasteiger partial charge is 0.497 e. The van der Waals surface area contributed by atoms with E-state index in [-0.39, 0.29) is 0 Å². The maximum atomic E-state index is 6.43. The van der Waals surface area contributed by atoms with Crippen LogP contribution in [0.4, 0.5) is 23.0 Å². The minimum atomic E-state index is 0.572. The van der Waals surface area contributed by atoms with Crippen molar-refractivity contribution in [3.8, 4) is 5.75 Å². The molecule has 0 amide bonds. The van der Waals surface area contributed by atoms with Crippen LogP contribution >= 0.6 is 0 Å². The van der Waals surface area contributed by atoms with Gasteiger partial charge in [0.15, 0.2) is 11.6 Å². The molecular weight excluding hydrogens is 338 g/mol. The third kappa shape index (κ3) is 3.51. The number of aromatic nitrogens is 2. The van der Waals surface area contributed by atoms with E-state index in [2.05, 4.69) is 44.5 Å². The highest BCUT2D eigenvalue weighted by molar-refractivity contribution is 5.80. The molecule has 0 saturated carbocycles. The number of para-hydroxylation sites is 1. The van der Waals surface area contributed by atoms with Gasteiger partial charge in [-0.05, 0) is 42.2 Å². The van der Waals surface area contributed by atoms with E-state index in [0.29, 0.717) is 18.1 Å². The first kappa shape index (κ1) is 17.1. The zero-order valence-corrected chi connectivity index (χ0v) is 15.4. The Morgan fingerprint density at radius 3 is 2.74 bits per heavy atom. The summed E-state index contributed by atoms with van der Waals surface area (Å²) in [4.78, 5) is 11.0. The molecule has 1 aliphatic rings. The van der Waals surface area contributed by atoms with E-state index in [1.54, 1.807) is 13.4 Å². The lowest BCUT2D eigenvalue weighted by Gasteiger charge is -2.31. The van der Waals surface area contributed by atoms with Gasteiger partial charge in [-0.15, -0.1) is 0 Å². The minimum Gasteiger partial charge on any atom is -0.497 e. The molecule has 0 spiro atoms. The van der Waals surface area contributed by atoms with Gasteiger partial charge in [0.25, 0.3) is 0 Å². The molecule has 0 aliphatic carbocycles. The van der Waals surface area contributed by atoms with Crippen LogP contribution in [0, 0.1) is 0 Å². The van der Waals surface area contributed by atoms with Gasteiger partial charge in [0, 0.05) is 18.8 Å². The van der Waals surface area contributed by atoms with Gasteiger partial charge in [-0.1, -0.05) is 30.3 Å². The van der Waals surface area contributed by atoms with Crippen molar-refractivity contribution in [1.29, 1.82) is 0 Å². The van der Waals surface area contributed by atoms with Crippen molar-refractivity contribution < 1.29 is 4.74 Å². The van der Waals surface area contributed by atoms with E-state index in [0.717, 1.165) is 36.5 Å². The summed E-state index contributed by atoms with van der Waals surface area (Å²) in [7, 11) is 1.66. The summed E-state index contributed by atoms with van der Waals surface area (Å²) in [6.45, 7) is 1.53. The third-order valence-corrected chi connectivity index (χ3v) is 4.85. The Hall–Kier alpha value is -3.28. The average Bonchev–Trinajstić information content (AvgIpc) is 2.73. The van der Waals surface area contributed by atoms with E-state index in [1.807, 2.05) is 24.3 Å². The Kier molecular flexibility index (Phi) is 4.78. The summed E-state index contributed by atoms with van der Waals surface area (Å²) in [5, 5.41) is 3.33. The number of nitrogens with zero attached hydrogens (tertiary/aromatic N) is 3. The van der Waals surface area contributed by atoms with E-state index in [1.165, 1.54) is 11.3 Å². The summed E-state index contributed by atoms with van der Waals surface area (Å²) in [5.74, 6) is 2.25. The molecule has 0 unspecified atom stereocenters. The van der Waals surface area contributed by atoms with Gasteiger partial charge in [-0.25, -0.2) is 9.97 Å². The zero-order valence-electron chi connectivity index (χ0n) is 15.4. The molecule has 0 fully saturated rings. The fourth-order valence-electron chi connectivity index (χ4n) is 3.43. The Morgan fingerprint density at radius 1 is 1.11 bits per heavy atom. The van der Waals surface area contributed by atoms with Crippen molar-refractivity contribution in [3.05, 3.63) is 66.0 Å². The van der Waals surface area contributed by atoms with Crippen molar-refractivity contribution in [2.45, 2.75) is 19.4 Å². The summed E-state index contributed by atoms with van der Waals surface area (Å²) in [6, 6.07) is 16.3. The van der Waals surface area contributed by atoms with Crippen LogP contribution in [0.3, 0.4) is 0 Å². The topological polar surface area (TPSA) is 76.3 Å². The first-order chi connectivity index (χ1) is 13.3. The van der Waals surface area contributed by atoms with Crippen LogP contribution in [-0.4, -0.2) is 23.6 Å². The molecule has 0 saturated heterocycles. The normalized spacial score (nSPS) is 13.1. The first-order valence-corrected chi connectivity index (χ1v) is 9.09. The summed E-state index contributed by atoms with van der Waals surface area (Å²) >= 11 is 0. The fourth-order valence-corrected chi connectivity index (χ4v) is 3.43. The molecule has 1 aliphatic heterocycles. The molecule has 6 heteroatoms. The van der Waals surface area contributed by atoms with Gasteiger partial charge in [-0.3, -0.25) is 0 Å². The lowest BCUT2D eigenvalue weighted by Crippen LogP contribution is -2.26.